The molecule has 0 aliphatic carbocycles. The summed E-state index contributed by atoms with van der Waals surface area (Å²) in [6, 6.07) is 4.86. The number of rotatable bonds is 9. The zero-order valence-electron chi connectivity index (χ0n) is 15.7. The molecule has 1 atom stereocenters. The van der Waals surface area contributed by atoms with Crippen molar-refractivity contribution in [2.24, 2.45) is 0 Å². The number of hydrogen-bond donors (Lipinski definition) is 3. The predicted molar refractivity (Wildman–Crippen MR) is 108 cm³/mol. The fraction of sp³-hybridized carbons (Fsp3) is 0.611. The molecule has 2 aliphatic rings. The van der Waals surface area contributed by atoms with Crippen molar-refractivity contribution in [3.63, 3.8) is 0 Å². The lowest BCUT2D eigenvalue weighted by molar-refractivity contribution is -0.121. The SMILES string of the molecule is Cl.O=C(CCCCCNS(=O)(=O)c1ccc2c(c1)OCCO2)NC1CCNC1. The smallest absolute Gasteiger partial charge is 0.240 e. The summed E-state index contributed by atoms with van der Waals surface area (Å²) in [4.78, 5) is 12.0. The Morgan fingerprint density at radius 2 is 1.93 bits per heavy atom. The van der Waals surface area contributed by atoms with Gasteiger partial charge in [-0.25, -0.2) is 13.1 Å². The molecule has 1 unspecified atom stereocenters. The molecule has 0 spiro atoms. The van der Waals surface area contributed by atoms with E-state index in [2.05, 4.69) is 15.4 Å². The van der Waals surface area contributed by atoms with Crippen LogP contribution in [0.3, 0.4) is 0 Å². The second-order valence-corrected chi connectivity index (χ2v) is 8.54. The Labute approximate surface area is 172 Å². The van der Waals surface area contributed by atoms with Gasteiger partial charge in [0.1, 0.15) is 13.2 Å². The lowest BCUT2D eigenvalue weighted by Crippen LogP contribution is -2.36. The van der Waals surface area contributed by atoms with Crippen LogP contribution in [-0.2, 0) is 14.8 Å². The van der Waals surface area contributed by atoms with Crippen LogP contribution >= 0.6 is 12.4 Å². The van der Waals surface area contributed by atoms with Crippen LogP contribution in [0.2, 0.25) is 0 Å². The van der Waals surface area contributed by atoms with Crippen molar-refractivity contribution in [2.45, 2.75) is 43.0 Å². The summed E-state index contributed by atoms with van der Waals surface area (Å²) in [7, 11) is -3.58. The van der Waals surface area contributed by atoms with Gasteiger partial charge in [-0.15, -0.1) is 12.4 Å². The van der Waals surface area contributed by atoms with Crippen molar-refractivity contribution >= 4 is 28.3 Å². The average Bonchev–Trinajstić information content (AvgIpc) is 3.17. The molecule has 3 rings (SSSR count). The van der Waals surface area contributed by atoms with Crippen LogP contribution in [0.25, 0.3) is 0 Å². The largest absolute Gasteiger partial charge is 0.486 e. The van der Waals surface area contributed by atoms with Crippen LogP contribution in [0.15, 0.2) is 23.1 Å². The van der Waals surface area contributed by atoms with E-state index in [1.54, 1.807) is 6.07 Å². The summed E-state index contributed by atoms with van der Waals surface area (Å²) in [6.45, 7) is 3.01. The molecule has 2 heterocycles. The van der Waals surface area contributed by atoms with Gasteiger partial charge in [-0.1, -0.05) is 6.42 Å². The van der Waals surface area contributed by atoms with Gasteiger partial charge < -0.3 is 20.1 Å². The van der Waals surface area contributed by atoms with E-state index in [0.29, 0.717) is 44.1 Å². The summed E-state index contributed by atoms with van der Waals surface area (Å²) >= 11 is 0. The van der Waals surface area contributed by atoms with Crippen LogP contribution in [0.1, 0.15) is 32.1 Å². The van der Waals surface area contributed by atoms with E-state index in [1.165, 1.54) is 12.1 Å². The quantitative estimate of drug-likeness (QED) is 0.505. The van der Waals surface area contributed by atoms with Gasteiger partial charge in [-0.05, 0) is 37.9 Å². The van der Waals surface area contributed by atoms with Crippen LogP contribution < -0.4 is 24.8 Å². The Morgan fingerprint density at radius 3 is 2.68 bits per heavy atom. The number of fused-ring (bicyclic) bond motifs is 1. The number of hydrogen-bond acceptors (Lipinski definition) is 6. The normalized spacial score (nSPS) is 18.4. The van der Waals surface area contributed by atoms with E-state index in [-0.39, 0.29) is 29.3 Å². The molecule has 2 aliphatic heterocycles. The molecule has 0 bridgehead atoms. The third kappa shape index (κ3) is 6.51. The standard InChI is InChI=1S/C18H27N3O5S.ClH/c22-18(21-14-7-9-19-13-14)4-2-1-3-8-20-27(23,24)15-5-6-16-17(12-15)26-11-10-25-16;/h5-6,12,14,19-20H,1-4,7-11,13H2,(H,21,22);1H. The zero-order valence-corrected chi connectivity index (χ0v) is 17.4. The van der Waals surface area contributed by atoms with E-state index in [0.717, 1.165) is 32.4 Å². The first-order valence-corrected chi connectivity index (χ1v) is 10.9. The number of benzene rings is 1. The summed E-state index contributed by atoms with van der Waals surface area (Å²) < 4.78 is 38.2. The Kier molecular flexibility index (Phi) is 8.81. The summed E-state index contributed by atoms with van der Waals surface area (Å²) in [5, 5.41) is 6.22. The third-order valence-electron chi connectivity index (χ3n) is 4.62. The van der Waals surface area contributed by atoms with Crippen LogP contribution in [0.5, 0.6) is 11.5 Å². The van der Waals surface area contributed by atoms with Crippen molar-refractivity contribution in [1.29, 1.82) is 0 Å². The molecular weight excluding hydrogens is 406 g/mol. The van der Waals surface area contributed by atoms with Crippen LogP contribution in [0, 0.1) is 0 Å². The third-order valence-corrected chi connectivity index (χ3v) is 6.08. The van der Waals surface area contributed by atoms with Crippen molar-refractivity contribution in [3.05, 3.63) is 18.2 Å². The van der Waals surface area contributed by atoms with Gasteiger partial charge in [-0.2, -0.15) is 0 Å². The highest BCUT2D eigenvalue weighted by molar-refractivity contribution is 7.89. The Balaban J connectivity index is 0.00000280. The molecule has 10 heteroatoms. The fourth-order valence-corrected chi connectivity index (χ4v) is 4.23. The lowest BCUT2D eigenvalue weighted by Gasteiger charge is -2.18. The van der Waals surface area contributed by atoms with Gasteiger partial charge >= 0.3 is 0 Å². The minimum atomic E-state index is -3.58. The minimum absolute atomic E-state index is 0. The molecule has 158 valence electrons. The van der Waals surface area contributed by atoms with Gasteiger partial charge in [0.2, 0.25) is 15.9 Å². The number of sulfonamides is 1. The van der Waals surface area contributed by atoms with Crippen molar-refractivity contribution in [2.75, 3.05) is 32.8 Å². The van der Waals surface area contributed by atoms with E-state index in [1.807, 2.05) is 0 Å². The van der Waals surface area contributed by atoms with E-state index in [9.17, 15) is 13.2 Å². The molecule has 1 saturated heterocycles. The topological polar surface area (TPSA) is 106 Å². The number of unbranched alkanes of at least 4 members (excludes halogenated alkanes) is 2. The highest BCUT2D eigenvalue weighted by Crippen LogP contribution is 2.32. The van der Waals surface area contributed by atoms with Gasteiger partial charge in [0, 0.05) is 31.6 Å². The maximum absolute atomic E-state index is 12.4. The minimum Gasteiger partial charge on any atom is -0.486 e. The number of nitrogens with one attached hydrogen (secondary N) is 3. The molecule has 28 heavy (non-hydrogen) atoms. The highest BCUT2D eigenvalue weighted by Gasteiger charge is 2.19. The maximum Gasteiger partial charge on any atom is 0.240 e. The first kappa shape index (κ1) is 22.7. The first-order valence-electron chi connectivity index (χ1n) is 9.44. The van der Waals surface area contributed by atoms with Crippen molar-refractivity contribution < 1.29 is 22.7 Å². The Bertz CT molecular complexity index is 754. The summed E-state index contributed by atoms with van der Waals surface area (Å²) in [5.74, 6) is 1.08. The molecule has 1 aromatic carbocycles. The summed E-state index contributed by atoms with van der Waals surface area (Å²) in [5.41, 5.74) is 0. The lowest BCUT2D eigenvalue weighted by atomic mass is 10.1. The van der Waals surface area contributed by atoms with Crippen molar-refractivity contribution in [3.8, 4) is 11.5 Å². The number of halogens is 1. The second kappa shape index (κ2) is 10.8. The molecule has 1 aromatic rings. The van der Waals surface area contributed by atoms with E-state index < -0.39 is 10.0 Å². The average molecular weight is 434 g/mol. The summed E-state index contributed by atoms with van der Waals surface area (Å²) in [6.07, 6.45) is 3.68. The monoisotopic (exact) mass is 433 g/mol. The Hall–Kier alpha value is -1.55. The van der Waals surface area contributed by atoms with E-state index >= 15 is 0 Å². The van der Waals surface area contributed by atoms with Gasteiger partial charge in [0.25, 0.3) is 0 Å². The molecular formula is C18H28ClN3O5S. The number of ether oxygens (including phenoxy) is 2. The molecule has 0 aromatic heterocycles. The molecule has 0 radical (unpaired) electrons. The second-order valence-electron chi connectivity index (χ2n) is 6.77. The number of amides is 1. The van der Waals surface area contributed by atoms with Gasteiger partial charge in [-0.3, -0.25) is 4.79 Å². The van der Waals surface area contributed by atoms with Crippen LogP contribution in [0.4, 0.5) is 0 Å². The predicted octanol–water partition coefficient (Wildman–Crippen LogP) is 1.20. The van der Waals surface area contributed by atoms with Crippen molar-refractivity contribution in [1.82, 2.24) is 15.4 Å². The zero-order chi connectivity index (χ0) is 19.1. The molecule has 3 N–H and O–H groups in total. The fourth-order valence-electron chi connectivity index (χ4n) is 3.15. The van der Waals surface area contributed by atoms with Crippen LogP contribution in [-0.4, -0.2) is 53.2 Å². The first-order chi connectivity index (χ1) is 13.0. The molecule has 1 amide bonds. The van der Waals surface area contributed by atoms with Gasteiger partial charge in [0.15, 0.2) is 11.5 Å². The number of carbonyl (C=O) groups excluding carboxylic acids is 1. The van der Waals surface area contributed by atoms with E-state index in [4.69, 9.17) is 9.47 Å². The Morgan fingerprint density at radius 1 is 1.14 bits per heavy atom. The van der Waals surface area contributed by atoms with Gasteiger partial charge in [0.05, 0.1) is 4.90 Å². The number of carbonyl (C=O) groups is 1. The molecule has 8 nitrogen and oxygen atoms in total. The maximum atomic E-state index is 12.4. The molecule has 1 fully saturated rings. The highest BCUT2D eigenvalue weighted by atomic mass is 35.5. The molecule has 0 saturated carbocycles.